The Balaban J connectivity index is 2.46. The highest BCUT2D eigenvalue weighted by Gasteiger charge is 2.25. The van der Waals surface area contributed by atoms with Crippen LogP contribution in [0.15, 0.2) is 18.5 Å². The maximum absolute atomic E-state index is 11.2. The Bertz CT molecular complexity index is 661. The lowest BCUT2D eigenvalue weighted by Gasteiger charge is -2.21. The van der Waals surface area contributed by atoms with E-state index in [0.717, 1.165) is 0 Å². The maximum Gasteiger partial charge on any atom is 0.405 e. The van der Waals surface area contributed by atoms with Gasteiger partial charge in [0.1, 0.15) is 6.33 Å². The summed E-state index contributed by atoms with van der Waals surface area (Å²) in [6.45, 7) is 0.155. The topological polar surface area (TPSA) is 124 Å². The molecule has 2 rings (SSSR count). The molecule has 0 fully saturated rings. The number of primary amides is 1. The molecular weight excluding hydrogens is 306 g/mol. The minimum atomic E-state index is -0.931. The van der Waals surface area contributed by atoms with Crippen molar-refractivity contribution in [3.05, 3.63) is 24.0 Å². The van der Waals surface area contributed by atoms with Crippen LogP contribution in [0.1, 0.15) is 11.7 Å². The number of methoxy groups -OCH3 is 3. The zero-order valence-corrected chi connectivity index (χ0v) is 12.9. The van der Waals surface area contributed by atoms with Crippen LogP contribution in [0, 0.1) is 0 Å². The molecule has 2 aromatic rings. The van der Waals surface area contributed by atoms with Crippen LogP contribution in [0.5, 0.6) is 17.2 Å². The molecule has 10 heteroatoms. The molecule has 0 saturated heterocycles. The highest BCUT2D eigenvalue weighted by atomic mass is 16.6. The predicted octanol–water partition coefficient (Wildman–Crippen LogP) is 0.536. The summed E-state index contributed by atoms with van der Waals surface area (Å²) in [6.07, 6.45) is -0.310. The number of hydrogen-bond donors (Lipinski definition) is 1. The summed E-state index contributed by atoms with van der Waals surface area (Å²) in [5, 5.41) is 10.8. The molecule has 2 N–H and O–H groups in total. The van der Waals surface area contributed by atoms with Gasteiger partial charge in [-0.2, -0.15) is 0 Å². The van der Waals surface area contributed by atoms with Gasteiger partial charge in [0.2, 0.25) is 5.75 Å². The lowest BCUT2D eigenvalue weighted by atomic mass is 10.1. The second kappa shape index (κ2) is 7.29. The molecule has 0 radical (unpaired) electrons. The molecule has 0 aliphatic heterocycles. The third kappa shape index (κ3) is 3.59. The summed E-state index contributed by atoms with van der Waals surface area (Å²) >= 11 is 0. The molecular formula is C13H17N5O5. The van der Waals surface area contributed by atoms with Crippen LogP contribution in [0.25, 0.3) is 0 Å². The number of carbonyl (C=O) groups excluding carboxylic acids is 1. The van der Waals surface area contributed by atoms with E-state index in [2.05, 4.69) is 15.5 Å². The first kappa shape index (κ1) is 16.3. The first-order valence-electron chi connectivity index (χ1n) is 6.56. The van der Waals surface area contributed by atoms with Crippen molar-refractivity contribution in [3.63, 3.8) is 0 Å². The number of hydrogen-bond acceptors (Lipinski definition) is 8. The van der Waals surface area contributed by atoms with Gasteiger partial charge >= 0.3 is 6.09 Å². The minimum absolute atomic E-state index is 0.155. The Morgan fingerprint density at radius 2 is 1.96 bits per heavy atom. The molecule has 0 saturated carbocycles. The molecule has 124 valence electrons. The van der Waals surface area contributed by atoms with Crippen molar-refractivity contribution in [2.45, 2.75) is 12.6 Å². The van der Waals surface area contributed by atoms with Gasteiger partial charge in [-0.1, -0.05) is 0 Å². The van der Waals surface area contributed by atoms with Crippen molar-refractivity contribution in [3.8, 4) is 17.2 Å². The van der Waals surface area contributed by atoms with Crippen LogP contribution in [0.3, 0.4) is 0 Å². The first-order chi connectivity index (χ1) is 11.1. The van der Waals surface area contributed by atoms with E-state index < -0.39 is 12.2 Å². The number of nitrogens with two attached hydrogens (primary N) is 1. The monoisotopic (exact) mass is 323 g/mol. The van der Waals surface area contributed by atoms with E-state index in [9.17, 15) is 4.79 Å². The van der Waals surface area contributed by atoms with E-state index in [1.165, 1.54) is 32.3 Å². The quantitative estimate of drug-likeness (QED) is 0.782. The van der Waals surface area contributed by atoms with E-state index in [1.807, 2.05) is 0 Å². The average Bonchev–Trinajstić information content (AvgIpc) is 3.05. The van der Waals surface area contributed by atoms with Gasteiger partial charge in [0.05, 0.1) is 27.9 Å². The fourth-order valence-electron chi connectivity index (χ4n) is 2.15. The Morgan fingerprint density at radius 3 is 2.48 bits per heavy atom. The standard InChI is InChI=1S/C13H17N5O5/c1-20-9-5-4-8(11(21-2)12(9)22-3)10(23-13(14)19)6-18-7-15-16-17-18/h4-5,7,10H,6H2,1-3H3,(H2,14,19). The SMILES string of the molecule is COc1ccc(C(Cn2cnnn2)OC(N)=O)c(OC)c1OC. The fraction of sp³-hybridized carbons (Fsp3) is 0.385. The lowest BCUT2D eigenvalue weighted by Crippen LogP contribution is -2.22. The second-order valence-electron chi connectivity index (χ2n) is 4.38. The normalized spacial score (nSPS) is 11.6. The van der Waals surface area contributed by atoms with Crippen LogP contribution in [0.2, 0.25) is 0 Å². The van der Waals surface area contributed by atoms with Gasteiger partial charge in [0, 0.05) is 5.56 Å². The van der Waals surface area contributed by atoms with Gasteiger partial charge in [0.25, 0.3) is 0 Å². The largest absolute Gasteiger partial charge is 0.493 e. The third-order valence-electron chi connectivity index (χ3n) is 3.08. The Hall–Kier alpha value is -3.04. The fourth-order valence-corrected chi connectivity index (χ4v) is 2.15. The van der Waals surface area contributed by atoms with Crippen LogP contribution in [0.4, 0.5) is 4.79 Å². The average molecular weight is 323 g/mol. The lowest BCUT2D eigenvalue weighted by molar-refractivity contribution is 0.0909. The molecule has 1 unspecified atom stereocenters. The van der Waals surface area contributed by atoms with Gasteiger partial charge in [-0.15, -0.1) is 5.10 Å². The molecule has 1 atom stereocenters. The summed E-state index contributed by atoms with van der Waals surface area (Å²) in [5.41, 5.74) is 5.70. The number of carbonyl (C=O) groups is 1. The third-order valence-corrected chi connectivity index (χ3v) is 3.08. The second-order valence-corrected chi connectivity index (χ2v) is 4.38. The van der Waals surface area contributed by atoms with Crippen molar-refractivity contribution >= 4 is 6.09 Å². The molecule has 1 aromatic heterocycles. The molecule has 1 amide bonds. The van der Waals surface area contributed by atoms with Gasteiger partial charge < -0.3 is 24.7 Å². The maximum atomic E-state index is 11.2. The van der Waals surface area contributed by atoms with Crippen molar-refractivity contribution in [2.75, 3.05) is 21.3 Å². The zero-order chi connectivity index (χ0) is 16.8. The zero-order valence-electron chi connectivity index (χ0n) is 12.9. The van der Waals surface area contributed by atoms with Crippen molar-refractivity contribution in [2.24, 2.45) is 5.73 Å². The number of benzene rings is 1. The van der Waals surface area contributed by atoms with Gasteiger partial charge in [-0.3, -0.25) is 0 Å². The van der Waals surface area contributed by atoms with E-state index in [1.54, 1.807) is 12.1 Å². The smallest absolute Gasteiger partial charge is 0.405 e. The van der Waals surface area contributed by atoms with Crippen LogP contribution in [-0.4, -0.2) is 47.6 Å². The molecule has 0 aliphatic carbocycles. The van der Waals surface area contributed by atoms with E-state index in [0.29, 0.717) is 22.8 Å². The van der Waals surface area contributed by atoms with Crippen molar-refractivity contribution in [1.82, 2.24) is 20.2 Å². The summed E-state index contributed by atoms with van der Waals surface area (Å²) < 4.78 is 22.5. The minimum Gasteiger partial charge on any atom is -0.493 e. The molecule has 23 heavy (non-hydrogen) atoms. The molecule has 0 bridgehead atoms. The molecule has 10 nitrogen and oxygen atoms in total. The molecule has 1 aromatic carbocycles. The van der Waals surface area contributed by atoms with Crippen molar-refractivity contribution < 1.29 is 23.7 Å². The Labute approximate surface area is 132 Å². The van der Waals surface area contributed by atoms with E-state index in [4.69, 9.17) is 24.7 Å². The van der Waals surface area contributed by atoms with E-state index >= 15 is 0 Å². The van der Waals surface area contributed by atoms with E-state index in [-0.39, 0.29) is 6.54 Å². The van der Waals surface area contributed by atoms with Gasteiger partial charge in [-0.25, -0.2) is 9.48 Å². The Morgan fingerprint density at radius 1 is 1.22 bits per heavy atom. The number of ether oxygens (including phenoxy) is 4. The molecule has 1 heterocycles. The van der Waals surface area contributed by atoms with Crippen LogP contribution >= 0.6 is 0 Å². The molecule has 0 aliphatic rings. The summed E-state index contributed by atoms with van der Waals surface area (Å²) in [6, 6.07) is 3.37. The summed E-state index contributed by atoms with van der Waals surface area (Å²) in [5.74, 6) is 1.22. The number of amides is 1. The Kier molecular flexibility index (Phi) is 5.18. The summed E-state index contributed by atoms with van der Waals surface area (Å²) in [7, 11) is 4.46. The number of tetrazole rings is 1. The highest BCUT2D eigenvalue weighted by Crippen LogP contribution is 2.43. The number of nitrogens with zero attached hydrogens (tertiary/aromatic N) is 4. The van der Waals surface area contributed by atoms with Crippen LogP contribution < -0.4 is 19.9 Å². The highest BCUT2D eigenvalue weighted by molar-refractivity contribution is 5.65. The predicted molar refractivity (Wildman–Crippen MR) is 77.3 cm³/mol. The first-order valence-corrected chi connectivity index (χ1v) is 6.56. The van der Waals surface area contributed by atoms with Gasteiger partial charge in [0.15, 0.2) is 17.6 Å². The number of aromatic nitrogens is 4. The van der Waals surface area contributed by atoms with Crippen LogP contribution in [-0.2, 0) is 11.3 Å². The summed E-state index contributed by atoms with van der Waals surface area (Å²) in [4.78, 5) is 11.2. The van der Waals surface area contributed by atoms with Crippen molar-refractivity contribution in [1.29, 1.82) is 0 Å². The number of rotatable bonds is 7. The molecule has 0 spiro atoms. The van der Waals surface area contributed by atoms with Gasteiger partial charge in [-0.05, 0) is 22.6 Å².